The van der Waals surface area contributed by atoms with Gasteiger partial charge in [-0.15, -0.1) is 0 Å². The molecule has 0 saturated carbocycles. The lowest BCUT2D eigenvalue weighted by molar-refractivity contribution is 0.0851. The molecule has 0 aromatic rings. The molecule has 0 saturated heterocycles. The number of hydrogen-bond acceptors (Lipinski definition) is 4. The highest BCUT2D eigenvalue weighted by Gasteiger charge is 2.28. The molecule has 0 N–H and O–H groups in total. The van der Waals surface area contributed by atoms with Crippen LogP contribution >= 0.6 is 0 Å². The Morgan fingerprint density at radius 2 is 1.68 bits per heavy atom. The SMILES string of the molecule is CCCOC(=O)N(C(=O)OCCC)C1=CCCCC1. The summed E-state index contributed by atoms with van der Waals surface area (Å²) in [4.78, 5) is 25.0. The van der Waals surface area contributed by atoms with Crippen LogP contribution in [0.3, 0.4) is 0 Å². The Morgan fingerprint density at radius 1 is 1.11 bits per heavy atom. The first-order valence-corrected chi connectivity index (χ1v) is 7.03. The van der Waals surface area contributed by atoms with Gasteiger partial charge in [-0.05, 0) is 38.5 Å². The molecule has 0 aromatic carbocycles. The maximum Gasteiger partial charge on any atom is 0.423 e. The van der Waals surface area contributed by atoms with Gasteiger partial charge >= 0.3 is 12.2 Å². The minimum absolute atomic E-state index is 0.309. The predicted octanol–water partition coefficient (Wildman–Crippen LogP) is 3.84. The van der Waals surface area contributed by atoms with E-state index in [-0.39, 0.29) is 0 Å². The van der Waals surface area contributed by atoms with Crippen molar-refractivity contribution in [1.82, 2.24) is 4.90 Å². The number of carbonyl (C=O) groups is 2. The molecule has 2 amide bonds. The van der Waals surface area contributed by atoms with Crippen LogP contribution in [0.4, 0.5) is 9.59 Å². The Balaban J connectivity index is 2.74. The maximum absolute atomic E-state index is 12.0. The van der Waals surface area contributed by atoms with E-state index in [0.29, 0.717) is 25.3 Å². The van der Waals surface area contributed by atoms with Crippen molar-refractivity contribution in [2.24, 2.45) is 0 Å². The molecule has 0 unspecified atom stereocenters. The van der Waals surface area contributed by atoms with Crippen molar-refractivity contribution in [2.75, 3.05) is 13.2 Å². The van der Waals surface area contributed by atoms with Crippen LogP contribution in [-0.4, -0.2) is 30.3 Å². The summed E-state index contributed by atoms with van der Waals surface area (Å²) in [5, 5.41) is 0. The van der Waals surface area contributed by atoms with Gasteiger partial charge in [-0.3, -0.25) is 0 Å². The van der Waals surface area contributed by atoms with E-state index in [1.165, 1.54) is 0 Å². The first kappa shape index (κ1) is 15.5. The van der Waals surface area contributed by atoms with E-state index in [4.69, 9.17) is 9.47 Å². The number of amides is 2. The van der Waals surface area contributed by atoms with Gasteiger partial charge in [0.05, 0.1) is 13.2 Å². The zero-order chi connectivity index (χ0) is 14.1. The molecule has 1 aliphatic carbocycles. The lowest BCUT2D eigenvalue weighted by Crippen LogP contribution is -2.38. The second kappa shape index (κ2) is 8.56. The van der Waals surface area contributed by atoms with Crippen molar-refractivity contribution < 1.29 is 19.1 Å². The summed E-state index contributed by atoms with van der Waals surface area (Å²) in [6.07, 6.45) is 5.77. The molecule has 0 aliphatic heterocycles. The average Bonchev–Trinajstić information content (AvgIpc) is 2.44. The summed E-state index contributed by atoms with van der Waals surface area (Å²) in [5.74, 6) is 0. The molecule has 0 aromatic heterocycles. The summed E-state index contributed by atoms with van der Waals surface area (Å²) in [7, 11) is 0. The standard InChI is InChI=1S/C14H23NO4/c1-3-10-18-13(16)15(14(17)19-11-4-2)12-8-6-5-7-9-12/h8H,3-7,9-11H2,1-2H3. The topological polar surface area (TPSA) is 55.8 Å². The fourth-order valence-electron chi connectivity index (χ4n) is 1.84. The Morgan fingerprint density at radius 3 is 2.11 bits per heavy atom. The van der Waals surface area contributed by atoms with Gasteiger partial charge in [-0.2, -0.15) is 4.90 Å². The molecule has 108 valence electrons. The Kier molecular flexibility index (Phi) is 7.00. The monoisotopic (exact) mass is 269 g/mol. The normalized spacial score (nSPS) is 14.5. The van der Waals surface area contributed by atoms with Crippen molar-refractivity contribution in [3.63, 3.8) is 0 Å². The van der Waals surface area contributed by atoms with Crippen LogP contribution < -0.4 is 0 Å². The first-order chi connectivity index (χ1) is 9.20. The fourth-order valence-corrected chi connectivity index (χ4v) is 1.84. The summed E-state index contributed by atoms with van der Waals surface area (Å²) in [6.45, 7) is 4.44. The van der Waals surface area contributed by atoms with Crippen LogP contribution in [-0.2, 0) is 9.47 Å². The number of hydrogen-bond donors (Lipinski definition) is 0. The lowest BCUT2D eigenvalue weighted by Gasteiger charge is -2.24. The summed E-state index contributed by atoms with van der Waals surface area (Å²) >= 11 is 0. The van der Waals surface area contributed by atoms with Crippen LogP contribution in [0.5, 0.6) is 0 Å². The van der Waals surface area contributed by atoms with Gasteiger partial charge in [0.2, 0.25) is 0 Å². The molecule has 0 spiro atoms. The van der Waals surface area contributed by atoms with Crippen molar-refractivity contribution in [1.29, 1.82) is 0 Å². The summed E-state index contributed by atoms with van der Waals surface area (Å²) in [5.41, 5.74) is 0.702. The van der Waals surface area contributed by atoms with Crippen molar-refractivity contribution in [3.05, 3.63) is 11.8 Å². The average molecular weight is 269 g/mol. The van der Waals surface area contributed by atoms with E-state index in [2.05, 4.69) is 0 Å². The van der Waals surface area contributed by atoms with Crippen LogP contribution in [0.1, 0.15) is 52.4 Å². The number of rotatable bonds is 5. The highest BCUT2D eigenvalue weighted by atomic mass is 16.6. The predicted molar refractivity (Wildman–Crippen MR) is 71.7 cm³/mol. The van der Waals surface area contributed by atoms with E-state index in [1.54, 1.807) is 0 Å². The lowest BCUT2D eigenvalue weighted by atomic mass is 10.0. The molecule has 5 nitrogen and oxygen atoms in total. The quantitative estimate of drug-likeness (QED) is 0.761. The van der Waals surface area contributed by atoms with E-state index in [1.807, 2.05) is 19.9 Å². The Hall–Kier alpha value is -1.52. The maximum atomic E-state index is 12.0. The smallest absolute Gasteiger partial charge is 0.423 e. The van der Waals surface area contributed by atoms with Crippen LogP contribution in [0.15, 0.2) is 11.8 Å². The molecule has 5 heteroatoms. The molecule has 1 aliphatic rings. The number of carbonyl (C=O) groups excluding carboxylic acids is 2. The molecule has 0 radical (unpaired) electrons. The first-order valence-electron chi connectivity index (χ1n) is 7.03. The van der Waals surface area contributed by atoms with E-state index >= 15 is 0 Å². The minimum atomic E-state index is -0.629. The number of allylic oxidation sites excluding steroid dienone is 2. The Labute approximate surface area is 114 Å². The van der Waals surface area contributed by atoms with Gasteiger partial charge in [-0.1, -0.05) is 19.9 Å². The third-order valence-corrected chi connectivity index (χ3v) is 2.78. The molecule has 0 atom stereocenters. The number of imide groups is 1. The molecule has 19 heavy (non-hydrogen) atoms. The van der Waals surface area contributed by atoms with Gasteiger partial charge in [0.25, 0.3) is 0 Å². The third kappa shape index (κ3) is 4.93. The number of ether oxygens (including phenoxy) is 2. The number of nitrogens with zero attached hydrogens (tertiary/aromatic N) is 1. The van der Waals surface area contributed by atoms with Crippen molar-refractivity contribution in [2.45, 2.75) is 52.4 Å². The van der Waals surface area contributed by atoms with Crippen LogP contribution in [0, 0.1) is 0 Å². The minimum Gasteiger partial charge on any atom is -0.449 e. The molecule has 1 rings (SSSR count). The molecular formula is C14H23NO4. The highest BCUT2D eigenvalue weighted by molar-refractivity contribution is 5.90. The van der Waals surface area contributed by atoms with Gasteiger partial charge in [0.15, 0.2) is 0 Å². The van der Waals surface area contributed by atoms with Gasteiger partial charge in [0, 0.05) is 5.70 Å². The fraction of sp³-hybridized carbons (Fsp3) is 0.714. The second-order valence-corrected chi connectivity index (χ2v) is 4.51. The third-order valence-electron chi connectivity index (χ3n) is 2.78. The highest BCUT2D eigenvalue weighted by Crippen LogP contribution is 2.22. The van der Waals surface area contributed by atoms with Gasteiger partial charge < -0.3 is 9.47 Å². The van der Waals surface area contributed by atoms with Crippen molar-refractivity contribution in [3.8, 4) is 0 Å². The second-order valence-electron chi connectivity index (χ2n) is 4.51. The molecule has 0 fully saturated rings. The van der Waals surface area contributed by atoms with Crippen molar-refractivity contribution >= 4 is 12.2 Å². The zero-order valence-corrected chi connectivity index (χ0v) is 11.8. The van der Waals surface area contributed by atoms with Crippen LogP contribution in [0.2, 0.25) is 0 Å². The molecule has 0 bridgehead atoms. The summed E-state index contributed by atoms with van der Waals surface area (Å²) in [6, 6.07) is 0. The largest absolute Gasteiger partial charge is 0.449 e. The zero-order valence-electron chi connectivity index (χ0n) is 11.8. The van der Waals surface area contributed by atoms with Crippen LogP contribution in [0.25, 0.3) is 0 Å². The van der Waals surface area contributed by atoms with E-state index in [9.17, 15) is 9.59 Å². The summed E-state index contributed by atoms with van der Waals surface area (Å²) < 4.78 is 10.1. The van der Waals surface area contributed by atoms with E-state index < -0.39 is 12.2 Å². The molecular weight excluding hydrogens is 246 g/mol. The van der Waals surface area contributed by atoms with Gasteiger partial charge in [0.1, 0.15) is 0 Å². The van der Waals surface area contributed by atoms with Gasteiger partial charge in [-0.25, -0.2) is 9.59 Å². The molecule has 0 heterocycles. The Bertz CT molecular complexity index is 318. The van der Waals surface area contributed by atoms with E-state index in [0.717, 1.165) is 37.0 Å².